The number of anilines is 1. The molecule has 4 aromatic carbocycles. The van der Waals surface area contributed by atoms with Crippen molar-refractivity contribution in [1.29, 1.82) is 0 Å². The number of amides is 2. The molecule has 1 atom stereocenters. The summed E-state index contributed by atoms with van der Waals surface area (Å²) in [6.45, 7) is 4.40. The lowest BCUT2D eigenvalue weighted by Gasteiger charge is -2.33. The molecule has 2 heterocycles. The summed E-state index contributed by atoms with van der Waals surface area (Å²) in [5.74, 6) is 0.344. The number of carbonyl (C=O) groups excluding carboxylic acids is 1. The number of aromatic nitrogens is 2. The Bertz CT molecular complexity index is 2020. The molecule has 8 rings (SSSR count). The van der Waals surface area contributed by atoms with Gasteiger partial charge in [-0.25, -0.2) is 18.4 Å². The third-order valence-corrected chi connectivity index (χ3v) is 11.4. The van der Waals surface area contributed by atoms with Gasteiger partial charge in [0.05, 0.1) is 12.7 Å². The van der Waals surface area contributed by atoms with Gasteiger partial charge < -0.3 is 10.1 Å². The van der Waals surface area contributed by atoms with Gasteiger partial charge >= 0.3 is 6.03 Å². The normalized spacial score (nSPS) is 16.9. The van der Waals surface area contributed by atoms with E-state index in [9.17, 15) is 4.79 Å². The predicted molar refractivity (Wildman–Crippen MR) is 183 cm³/mol. The van der Waals surface area contributed by atoms with Crippen LogP contribution in [-0.2, 0) is 47.7 Å². The minimum atomic E-state index is -3.79. The van der Waals surface area contributed by atoms with E-state index in [1.165, 1.54) is 28.5 Å². The van der Waals surface area contributed by atoms with Crippen LogP contribution in [0.3, 0.4) is 0 Å². The van der Waals surface area contributed by atoms with E-state index in [0.29, 0.717) is 12.4 Å². The third kappa shape index (κ3) is 5.00. The van der Waals surface area contributed by atoms with Crippen LogP contribution in [0.2, 0.25) is 0 Å². The molecule has 1 aromatic heterocycles. The lowest BCUT2D eigenvalue weighted by molar-refractivity contribution is 0.132. The summed E-state index contributed by atoms with van der Waals surface area (Å²) in [4.78, 5) is 14.4. The molecule has 238 valence electrons. The zero-order valence-corrected chi connectivity index (χ0v) is 27.3. The number of hydrogen-bond acceptors (Lipinski definition) is 5. The highest BCUT2D eigenvalue weighted by molar-refractivity contribution is 7.92. The fourth-order valence-electron chi connectivity index (χ4n) is 7.29. The number of aryl methyl sites for hydroxylation is 2. The highest BCUT2D eigenvalue weighted by Crippen LogP contribution is 2.44. The highest BCUT2D eigenvalue weighted by Gasteiger charge is 2.42. The van der Waals surface area contributed by atoms with Crippen LogP contribution in [0.25, 0.3) is 0 Å². The first-order valence-corrected chi connectivity index (χ1v) is 17.7. The van der Waals surface area contributed by atoms with E-state index in [1.54, 1.807) is 4.68 Å². The average molecular weight is 644 g/mol. The van der Waals surface area contributed by atoms with Crippen molar-refractivity contribution in [2.24, 2.45) is 4.36 Å². The van der Waals surface area contributed by atoms with Crippen molar-refractivity contribution in [3.8, 4) is 5.88 Å². The SMILES string of the molecule is CC1(C)Cn2ncc(S(=O)(=NC(c3ccccc3)(c3ccccc3)c3ccccc3)NC(=O)Nc3c4c(cc5c3CC5)CCC4)c2O1. The van der Waals surface area contributed by atoms with Crippen LogP contribution < -0.4 is 14.8 Å². The number of ether oxygens (including phenoxy) is 1. The molecule has 9 heteroatoms. The van der Waals surface area contributed by atoms with Gasteiger partial charge in [-0.1, -0.05) is 97.1 Å². The van der Waals surface area contributed by atoms with E-state index in [4.69, 9.17) is 9.10 Å². The Morgan fingerprint density at radius 1 is 0.851 bits per heavy atom. The number of fused-ring (bicyclic) bond motifs is 3. The molecule has 47 heavy (non-hydrogen) atoms. The number of nitrogens with one attached hydrogen (secondary N) is 2. The van der Waals surface area contributed by atoms with E-state index < -0.39 is 27.1 Å². The Morgan fingerprint density at radius 3 is 2.00 bits per heavy atom. The molecule has 5 aromatic rings. The van der Waals surface area contributed by atoms with Crippen LogP contribution in [0.1, 0.15) is 59.2 Å². The Hall–Kier alpha value is -4.89. The van der Waals surface area contributed by atoms with Gasteiger partial charge in [0.2, 0.25) is 5.88 Å². The lowest BCUT2D eigenvalue weighted by Crippen LogP contribution is -2.38. The molecule has 8 nitrogen and oxygen atoms in total. The highest BCUT2D eigenvalue weighted by atomic mass is 32.2. The number of urea groups is 1. The Balaban J connectivity index is 1.35. The fourth-order valence-corrected chi connectivity index (χ4v) is 9.12. The molecular weight excluding hydrogens is 607 g/mol. The van der Waals surface area contributed by atoms with E-state index in [1.807, 2.05) is 105 Å². The van der Waals surface area contributed by atoms with Crippen molar-refractivity contribution in [3.05, 3.63) is 142 Å². The molecule has 0 bridgehead atoms. The maximum absolute atomic E-state index is 15.9. The first-order chi connectivity index (χ1) is 22.8. The van der Waals surface area contributed by atoms with Crippen molar-refractivity contribution in [1.82, 2.24) is 14.5 Å². The van der Waals surface area contributed by atoms with Crippen molar-refractivity contribution < 1.29 is 13.7 Å². The quantitative estimate of drug-likeness (QED) is 0.183. The van der Waals surface area contributed by atoms with Crippen LogP contribution >= 0.6 is 0 Å². The molecule has 1 aliphatic heterocycles. The van der Waals surface area contributed by atoms with E-state index in [2.05, 4.69) is 21.2 Å². The second kappa shape index (κ2) is 11.1. The standard InChI is InChI=1S/C38H37N5O3S/c1-37(2)25-43-35(46-37)33(24-39-43)47(45,41-36(44)40-34-31-20-12-13-26(31)23-27-21-22-32(27)34)42-38(28-14-6-3-7-15-28,29-16-8-4-9-17-29)30-18-10-5-11-19-30/h3-11,14-19,23-24H,12-13,20-22,25H2,1-2H3,(H2,40,41,42,44,45). The number of hydrogen-bond donors (Lipinski definition) is 2. The zero-order valence-electron chi connectivity index (χ0n) is 26.5. The number of rotatable bonds is 7. The monoisotopic (exact) mass is 643 g/mol. The van der Waals surface area contributed by atoms with Gasteiger partial charge in [-0.15, -0.1) is 0 Å². The van der Waals surface area contributed by atoms with E-state index in [0.717, 1.165) is 54.5 Å². The summed E-state index contributed by atoms with van der Waals surface area (Å²) >= 11 is 0. The average Bonchev–Trinajstić information content (AvgIpc) is 3.77. The molecular formula is C38H37N5O3S. The first-order valence-electron chi connectivity index (χ1n) is 16.2. The molecule has 0 fully saturated rings. The van der Waals surface area contributed by atoms with Crippen LogP contribution in [0.5, 0.6) is 5.88 Å². The maximum atomic E-state index is 15.9. The van der Waals surface area contributed by atoms with Gasteiger partial charge in [-0.3, -0.25) is 0 Å². The minimum absolute atomic E-state index is 0.233. The zero-order chi connectivity index (χ0) is 32.2. The summed E-state index contributed by atoms with van der Waals surface area (Å²) in [6.07, 6.45) is 6.43. The van der Waals surface area contributed by atoms with Crippen LogP contribution in [-0.4, -0.2) is 25.6 Å². The fraction of sp³-hybridized carbons (Fsp3) is 0.263. The van der Waals surface area contributed by atoms with Gasteiger partial charge in [0, 0.05) is 5.69 Å². The first kappa shape index (κ1) is 29.5. The summed E-state index contributed by atoms with van der Waals surface area (Å²) in [5.41, 5.74) is 6.38. The maximum Gasteiger partial charge on any atom is 0.331 e. The smallest absolute Gasteiger partial charge is 0.331 e. The Labute approximate surface area is 275 Å². The van der Waals surface area contributed by atoms with Crippen LogP contribution in [0.15, 0.2) is 113 Å². The summed E-state index contributed by atoms with van der Waals surface area (Å²) in [6, 6.07) is 31.2. The van der Waals surface area contributed by atoms with E-state index in [-0.39, 0.29) is 4.90 Å². The summed E-state index contributed by atoms with van der Waals surface area (Å²) in [7, 11) is -3.79. The number of carbonyl (C=O) groups is 1. The van der Waals surface area contributed by atoms with Gasteiger partial charge in [0.1, 0.15) is 16.0 Å². The lowest BCUT2D eigenvalue weighted by atomic mass is 9.78. The van der Waals surface area contributed by atoms with Crippen LogP contribution in [0.4, 0.5) is 10.5 Å². The molecule has 3 aliphatic rings. The second-order valence-electron chi connectivity index (χ2n) is 13.2. The number of benzene rings is 4. The van der Waals surface area contributed by atoms with Crippen LogP contribution in [0, 0.1) is 0 Å². The van der Waals surface area contributed by atoms with Crippen molar-refractivity contribution in [2.75, 3.05) is 5.32 Å². The number of nitrogens with zero attached hydrogens (tertiary/aromatic N) is 3. The molecule has 2 aliphatic carbocycles. The summed E-state index contributed by atoms with van der Waals surface area (Å²) in [5, 5.41) is 7.71. The molecule has 0 spiro atoms. The Morgan fingerprint density at radius 2 is 1.43 bits per heavy atom. The second-order valence-corrected chi connectivity index (χ2v) is 15.1. The third-order valence-electron chi connectivity index (χ3n) is 9.52. The molecule has 0 radical (unpaired) electrons. The van der Waals surface area contributed by atoms with Crippen molar-refractivity contribution in [3.63, 3.8) is 0 Å². The van der Waals surface area contributed by atoms with Gasteiger partial charge in [-0.2, -0.15) is 9.46 Å². The topological polar surface area (TPSA) is 97.6 Å². The summed E-state index contributed by atoms with van der Waals surface area (Å²) < 4.78 is 32.2. The van der Waals surface area contributed by atoms with Gasteiger partial charge in [0.25, 0.3) is 0 Å². The molecule has 1 unspecified atom stereocenters. The van der Waals surface area contributed by atoms with Crippen molar-refractivity contribution >= 4 is 21.6 Å². The van der Waals surface area contributed by atoms with Gasteiger partial charge in [-0.05, 0) is 84.9 Å². The molecule has 0 saturated heterocycles. The van der Waals surface area contributed by atoms with Crippen molar-refractivity contribution in [2.45, 2.75) is 68.5 Å². The molecule has 2 amide bonds. The molecule has 2 N–H and O–H groups in total. The Kier molecular flexibility index (Phi) is 6.98. The predicted octanol–water partition coefficient (Wildman–Crippen LogP) is 7.20. The van der Waals surface area contributed by atoms with E-state index >= 15 is 4.21 Å². The minimum Gasteiger partial charge on any atom is -0.469 e. The van der Waals surface area contributed by atoms with Gasteiger partial charge in [0.15, 0.2) is 9.92 Å². The largest absolute Gasteiger partial charge is 0.469 e. The molecule has 0 saturated carbocycles.